The first-order valence-corrected chi connectivity index (χ1v) is 17.0. The Hall–Kier alpha value is -3.85. The molecule has 0 spiro atoms. The molecule has 1 saturated carbocycles. The van der Waals surface area contributed by atoms with Crippen molar-refractivity contribution in [1.29, 1.82) is 0 Å². The Morgan fingerprint density at radius 2 is 1.70 bits per heavy atom. The van der Waals surface area contributed by atoms with E-state index in [2.05, 4.69) is 34.6 Å². The maximum Gasteiger partial charge on any atom is 0.329 e. The number of fused-ring (bicyclic) bond motifs is 1. The molecule has 5 rings (SSSR count). The van der Waals surface area contributed by atoms with Crippen molar-refractivity contribution in [1.82, 2.24) is 20.1 Å². The van der Waals surface area contributed by atoms with Gasteiger partial charge in [0.2, 0.25) is 5.91 Å². The van der Waals surface area contributed by atoms with Crippen molar-refractivity contribution < 1.29 is 19.1 Å². The molecular formula is C37H51N5O4. The van der Waals surface area contributed by atoms with Crippen LogP contribution >= 0.6 is 0 Å². The fourth-order valence-electron chi connectivity index (χ4n) is 7.27. The molecule has 3 amide bonds. The molecule has 0 bridgehead atoms. The summed E-state index contributed by atoms with van der Waals surface area (Å²) in [4.78, 5) is 48.9. The van der Waals surface area contributed by atoms with Crippen LogP contribution in [0.1, 0.15) is 95.6 Å². The Morgan fingerprint density at radius 1 is 1.00 bits per heavy atom. The maximum absolute atomic E-state index is 14.4. The normalized spacial score (nSPS) is 20.8. The Morgan fingerprint density at radius 3 is 2.39 bits per heavy atom. The van der Waals surface area contributed by atoms with Crippen molar-refractivity contribution in [2.75, 3.05) is 19.6 Å². The number of esters is 1. The van der Waals surface area contributed by atoms with Crippen LogP contribution in [0.5, 0.6) is 0 Å². The number of aromatic nitrogens is 1. The molecule has 0 radical (unpaired) electrons. The lowest BCUT2D eigenvalue weighted by Crippen LogP contribution is -2.55. The molecule has 2 heterocycles. The van der Waals surface area contributed by atoms with Gasteiger partial charge in [-0.1, -0.05) is 55.5 Å². The van der Waals surface area contributed by atoms with E-state index in [-0.39, 0.29) is 23.9 Å². The molecule has 3 atom stereocenters. The second kappa shape index (κ2) is 14.7. The van der Waals surface area contributed by atoms with E-state index in [1.54, 1.807) is 4.90 Å². The molecule has 46 heavy (non-hydrogen) atoms. The minimum Gasteiger partial charge on any atom is -0.458 e. The summed E-state index contributed by atoms with van der Waals surface area (Å²) in [5.74, 6) is -0.641. The molecule has 3 aromatic rings. The third-order valence-corrected chi connectivity index (χ3v) is 9.63. The molecule has 2 aromatic carbocycles. The fraction of sp³-hybridized carbons (Fsp3) is 0.541. The number of H-pyrrole nitrogens is 1. The summed E-state index contributed by atoms with van der Waals surface area (Å²) in [5.41, 5.74) is 8.34. The Balaban J connectivity index is 1.38. The summed E-state index contributed by atoms with van der Waals surface area (Å²) in [7, 11) is 0. The zero-order chi connectivity index (χ0) is 32.8. The van der Waals surface area contributed by atoms with E-state index in [4.69, 9.17) is 10.5 Å². The van der Waals surface area contributed by atoms with E-state index in [0.717, 1.165) is 48.6 Å². The number of urea groups is 1. The van der Waals surface area contributed by atoms with E-state index in [1.807, 2.05) is 69.1 Å². The van der Waals surface area contributed by atoms with Gasteiger partial charge in [0.05, 0.1) is 0 Å². The number of aromatic amines is 1. The third kappa shape index (κ3) is 7.74. The Bertz CT molecular complexity index is 1470. The molecule has 1 aromatic heterocycles. The summed E-state index contributed by atoms with van der Waals surface area (Å²) < 4.78 is 5.71. The largest absolute Gasteiger partial charge is 0.458 e. The lowest BCUT2D eigenvalue weighted by molar-refractivity contribution is -0.159. The van der Waals surface area contributed by atoms with Gasteiger partial charge in [-0.2, -0.15) is 0 Å². The zero-order valence-corrected chi connectivity index (χ0v) is 27.8. The number of carbonyl (C=O) groups excluding carboxylic acids is 3. The molecule has 1 saturated heterocycles. The monoisotopic (exact) mass is 629 g/mol. The third-order valence-electron chi connectivity index (χ3n) is 9.63. The first kappa shape index (κ1) is 33.5. The molecular weight excluding hydrogens is 578 g/mol. The zero-order valence-electron chi connectivity index (χ0n) is 27.8. The summed E-state index contributed by atoms with van der Waals surface area (Å²) in [6.45, 7) is 8.98. The van der Waals surface area contributed by atoms with Gasteiger partial charge in [0.1, 0.15) is 17.7 Å². The first-order chi connectivity index (χ1) is 22.1. The smallest absolute Gasteiger partial charge is 0.329 e. The van der Waals surface area contributed by atoms with Crippen molar-refractivity contribution in [3.8, 4) is 0 Å². The summed E-state index contributed by atoms with van der Waals surface area (Å²) in [5, 5.41) is 4.04. The van der Waals surface area contributed by atoms with E-state index in [9.17, 15) is 14.4 Å². The van der Waals surface area contributed by atoms with Gasteiger partial charge in [0.15, 0.2) is 0 Å². The number of nitrogens with one attached hydrogen (secondary N) is 2. The number of hydrogen-bond acceptors (Lipinski definition) is 5. The van der Waals surface area contributed by atoms with Crippen LogP contribution in [-0.2, 0) is 14.3 Å². The minimum absolute atomic E-state index is 0.105. The van der Waals surface area contributed by atoms with E-state index in [0.29, 0.717) is 38.4 Å². The van der Waals surface area contributed by atoms with Crippen molar-refractivity contribution in [3.05, 3.63) is 71.9 Å². The van der Waals surface area contributed by atoms with Crippen LogP contribution in [0.15, 0.2) is 60.8 Å². The number of nitrogens with two attached hydrogens (primary N) is 1. The molecule has 4 N–H and O–H groups in total. The lowest BCUT2D eigenvalue weighted by Gasteiger charge is -2.36. The molecule has 9 heteroatoms. The van der Waals surface area contributed by atoms with Gasteiger partial charge in [-0.15, -0.1) is 0 Å². The van der Waals surface area contributed by atoms with Crippen molar-refractivity contribution in [2.24, 2.45) is 5.73 Å². The molecule has 2 fully saturated rings. The summed E-state index contributed by atoms with van der Waals surface area (Å²) in [6, 6.07) is 17.0. The highest BCUT2D eigenvalue weighted by molar-refractivity contribution is 5.93. The molecule has 1 aliphatic heterocycles. The van der Waals surface area contributed by atoms with Crippen LogP contribution < -0.4 is 11.1 Å². The number of amides is 3. The highest BCUT2D eigenvalue weighted by atomic mass is 16.6. The number of carbonyl (C=O) groups is 3. The average molecular weight is 630 g/mol. The van der Waals surface area contributed by atoms with Crippen LogP contribution in [0.3, 0.4) is 0 Å². The number of nitrogens with zero attached hydrogens (tertiary/aromatic N) is 2. The lowest BCUT2D eigenvalue weighted by atomic mass is 9.81. The van der Waals surface area contributed by atoms with Gasteiger partial charge in [0, 0.05) is 42.1 Å². The van der Waals surface area contributed by atoms with Gasteiger partial charge in [-0.25, -0.2) is 9.59 Å². The second-order valence-corrected chi connectivity index (χ2v) is 14.0. The molecule has 0 unspecified atom stereocenters. The van der Waals surface area contributed by atoms with Crippen LogP contribution in [0.25, 0.3) is 10.9 Å². The second-order valence-electron chi connectivity index (χ2n) is 14.0. The standard InChI is InChI=1S/C37H51N5O4/c1-25(30-24-39-31-15-9-8-14-29(30)31)33(34(43)40-32(16-10-11-21-38)35(44)46-37(2,3)4)42-23-22-41(36(42)45)28-19-17-27(18-20-28)26-12-6-5-7-13-26/h5-9,12-15,24-25,27-28,32-33,39H,10-11,16-23,38H2,1-4H3,(H,40,43)/t25-,27?,28?,32+,33+/m0/s1. The highest BCUT2D eigenvalue weighted by Crippen LogP contribution is 2.37. The fourth-order valence-corrected chi connectivity index (χ4v) is 7.27. The SMILES string of the molecule is C[C@@H](c1c[nH]c2ccccc12)[C@H](C(=O)N[C@H](CCCCN)C(=O)OC(C)(C)C)N1CCN(C2CCC(c3ccccc3)CC2)C1=O. The quantitative estimate of drug-likeness (QED) is 0.166. The minimum atomic E-state index is -0.835. The van der Waals surface area contributed by atoms with E-state index >= 15 is 0 Å². The Labute approximate surface area is 273 Å². The predicted octanol–water partition coefficient (Wildman–Crippen LogP) is 6.06. The number of para-hydroxylation sites is 1. The van der Waals surface area contributed by atoms with Gasteiger partial charge < -0.3 is 30.6 Å². The van der Waals surface area contributed by atoms with Crippen molar-refractivity contribution >= 4 is 28.8 Å². The first-order valence-electron chi connectivity index (χ1n) is 17.0. The van der Waals surface area contributed by atoms with Crippen LogP contribution in [0.4, 0.5) is 4.79 Å². The number of ether oxygens (including phenoxy) is 1. The average Bonchev–Trinajstić information content (AvgIpc) is 3.64. The van der Waals surface area contributed by atoms with Crippen molar-refractivity contribution in [2.45, 2.75) is 108 Å². The topological polar surface area (TPSA) is 121 Å². The van der Waals surface area contributed by atoms with Crippen LogP contribution in [0.2, 0.25) is 0 Å². The van der Waals surface area contributed by atoms with Crippen molar-refractivity contribution in [3.63, 3.8) is 0 Å². The van der Waals surface area contributed by atoms with Gasteiger partial charge in [-0.3, -0.25) is 4.79 Å². The predicted molar refractivity (Wildman–Crippen MR) is 181 cm³/mol. The summed E-state index contributed by atoms with van der Waals surface area (Å²) >= 11 is 0. The number of unbranched alkanes of at least 4 members (excludes halogenated alkanes) is 1. The molecule has 248 valence electrons. The summed E-state index contributed by atoms with van der Waals surface area (Å²) in [6.07, 6.45) is 7.71. The number of rotatable bonds is 12. The molecule has 9 nitrogen and oxygen atoms in total. The molecule has 2 aliphatic rings. The van der Waals surface area contributed by atoms with Gasteiger partial charge in [0.25, 0.3) is 0 Å². The van der Waals surface area contributed by atoms with Gasteiger partial charge >= 0.3 is 12.0 Å². The van der Waals surface area contributed by atoms with Crippen LogP contribution in [0, 0.1) is 0 Å². The van der Waals surface area contributed by atoms with E-state index < -0.39 is 23.7 Å². The number of hydrogen-bond donors (Lipinski definition) is 3. The van der Waals surface area contributed by atoms with Gasteiger partial charge in [-0.05, 0) is 95.4 Å². The highest BCUT2D eigenvalue weighted by Gasteiger charge is 2.44. The van der Waals surface area contributed by atoms with Crippen LogP contribution in [-0.4, -0.2) is 76.1 Å². The number of benzene rings is 2. The Kier molecular flexibility index (Phi) is 10.7. The molecule has 1 aliphatic carbocycles. The maximum atomic E-state index is 14.4. The van der Waals surface area contributed by atoms with E-state index in [1.165, 1.54) is 5.56 Å².